The number of methoxy groups -OCH3 is 1. The van der Waals surface area contributed by atoms with Gasteiger partial charge in [-0.05, 0) is 47.2 Å². The van der Waals surface area contributed by atoms with Crippen molar-refractivity contribution in [1.82, 2.24) is 4.98 Å². The van der Waals surface area contributed by atoms with Crippen molar-refractivity contribution in [1.29, 1.82) is 0 Å². The normalized spacial score (nSPS) is 12.8. The first kappa shape index (κ1) is 11.5. The summed E-state index contributed by atoms with van der Waals surface area (Å²) in [6.45, 7) is 0. The Kier molecular flexibility index (Phi) is 2.49. The molecule has 3 aromatic rings. The summed E-state index contributed by atoms with van der Waals surface area (Å²) in [5.74, 6) is 0.856. The van der Waals surface area contributed by atoms with E-state index < -0.39 is 0 Å². The third-order valence-corrected chi connectivity index (χ3v) is 4.11. The summed E-state index contributed by atoms with van der Waals surface area (Å²) < 4.78 is 5.30. The summed E-state index contributed by atoms with van der Waals surface area (Å²) in [6, 6.07) is 14.8. The van der Waals surface area contributed by atoms with Gasteiger partial charge in [-0.25, -0.2) is 0 Å². The molecule has 2 aromatic carbocycles. The zero-order valence-electron chi connectivity index (χ0n) is 11.4. The Balaban J connectivity index is 2.06. The molecule has 0 saturated heterocycles. The van der Waals surface area contributed by atoms with Crippen LogP contribution in [0.3, 0.4) is 0 Å². The molecule has 2 heteroatoms. The number of aromatic nitrogens is 1. The van der Waals surface area contributed by atoms with Crippen LogP contribution >= 0.6 is 0 Å². The van der Waals surface area contributed by atoms with Crippen LogP contribution in [0.1, 0.15) is 11.1 Å². The van der Waals surface area contributed by atoms with E-state index in [1.807, 2.05) is 18.3 Å². The molecule has 4 rings (SSSR count). The van der Waals surface area contributed by atoms with Crippen molar-refractivity contribution in [3.8, 4) is 16.9 Å². The lowest BCUT2D eigenvalue weighted by molar-refractivity contribution is 0.415. The molecule has 0 bridgehead atoms. The van der Waals surface area contributed by atoms with Gasteiger partial charge in [0.05, 0.1) is 12.6 Å². The summed E-state index contributed by atoms with van der Waals surface area (Å²) >= 11 is 0. The third kappa shape index (κ3) is 1.61. The number of fused-ring (bicyclic) bond motifs is 5. The first-order valence-electron chi connectivity index (χ1n) is 6.91. The first-order chi connectivity index (χ1) is 9.86. The van der Waals surface area contributed by atoms with Gasteiger partial charge in [-0.2, -0.15) is 0 Å². The Morgan fingerprint density at radius 3 is 2.75 bits per heavy atom. The monoisotopic (exact) mass is 261 g/mol. The third-order valence-electron chi connectivity index (χ3n) is 4.11. The fraction of sp³-hybridized carbons (Fsp3) is 0.167. The largest absolute Gasteiger partial charge is 0.497 e. The number of nitrogens with zero attached hydrogens (tertiary/aromatic N) is 1. The summed E-state index contributed by atoms with van der Waals surface area (Å²) in [6.07, 6.45) is 4.20. The van der Waals surface area contributed by atoms with Crippen molar-refractivity contribution in [2.75, 3.05) is 7.11 Å². The zero-order chi connectivity index (χ0) is 13.5. The predicted octanol–water partition coefficient (Wildman–Crippen LogP) is 4.01. The molecule has 0 radical (unpaired) electrons. The van der Waals surface area contributed by atoms with Crippen molar-refractivity contribution in [2.45, 2.75) is 12.8 Å². The van der Waals surface area contributed by atoms with E-state index in [2.05, 4.69) is 35.3 Å². The molecule has 0 N–H and O–H groups in total. The quantitative estimate of drug-likeness (QED) is 0.660. The molecular weight excluding hydrogens is 246 g/mol. The molecule has 0 aliphatic heterocycles. The zero-order valence-corrected chi connectivity index (χ0v) is 11.4. The Bertz CT molecular complexity index is 808. The highest BCUT2D eigenvalue weighted by Crippen LogP contribution is 2.38. The van der Waals surface area contributed by atoms with Gasteiger partial charge in [0.2, 0.25) is 0 Å². The molecule has 2 nitrogen and oxygen atoms in total. The maximum absolute atomic E-state index is 5.30. The van der Waals surface area contributed by atoms with E-state index in [4.69, 9.17) is 4.74 Å². The Labute approximate surface area is 118 Å². The second-order valence-electron chi connectivity index (χ2n) is 5.20. The fourth-order valence-electron chi connectivity index (χ4n) is 3.10. The molecule has 0 fully saturated rings. The topological polar surface area (TPSA) is 22.1 Å². The number of benzene rings is 2. The lowest BCUT2D eigenvalue weighted by Gasteiger charge is -2.21. The van der Waals surface area contributed by atoms with Crippen LogP contribution in [-0.4, -0.2) is 12.1 Å². The molecule has 1 aliphatic rings. The maximum atomic E-state index is 5.30. The van der Waals surface area contributed by atoms with Crippen molar-refractivity contribution >= 4 is 10.9 Å². The molecule has 1 aliphatic carbocycles. The molecule has 20 heavy (non-hydrogen) atoms. The smallest absolute Gasteiger partial charge is 0.121 e. The molecule has 0 amide bonds. The van der Waals surface area contributed by atoms with E-state index in [1.54, 1.807) is 7.11 Å². The van der Waals surface area contributed by atoms with E-state index in [0.29, 0.717) is 0 Å². The summed E-state index contributed by atoms with van der Waals surface area (Å²) in [4.78, 5) is 4.60. The predicted molar refractivity (Wildman–Crippen MR) is 81.1 cm³/mol. The Morgan fingerprint density at radius 1 is 1.00 bits per heavy atom. The summed E-state index contributed by atoms with van der Waals surface area (Å²) in [5, 5.41) is 1.22. The van der Waals surface area contributed by atoms with Crippen LogP contribution in [-0.2, 0) is 12.8 Å². The average molecular weight is 261 g/mol. The number of pyridine rings is 1. The van der Waals surface area contributed by atoms with Gasteiger partial charge in [0.25, 0.3) is 0 Å². The van der Waals surface area contributed by atoms with Gasteiger partial charge in [-0.1, -0.05) is 24.3 Å². The lowest BCUT2D eigenvalue weighted by atomic mass is 9.84. The second kappa shape index (κ2) is 4.34. The van der Waals surface area contributed by atoms with E-state index >= 15 is 0 Å². The van der Waals surface area contributed by atoms with E-state index in [1.165, 1.54) is 27.6 Å². The van der Waals surface area contributed by atoms with Crippen LogP contribution in [0, 0.1) is 0 Å². The molecule has 0 saturated carbocycles. The van der Waals surface area contributed by atoms with Crippen LogP contribution in [0.15, 0.2) is 48.7 Å². The minimum atomic E-state index is 0.856. The van der Waals surface area contributed by atoms with Gasteiger partial charge in [-0.15, -0.1) is 0 Å². The van der Waals surface area contributed by atoms with Crippen LogP contribution in [0.5, 0.6) is 5.75 Å². The number of hydrogen-bond acceptors (Lipinski definition) is 2. The minimum Gasteiger partial charge on any atom is -0.497 e. The van der Waals surface area contributed by atoms with Crippen LogP contribution in [0.25, 0.3) is 22.0 Å². The van der Waals surface area contributed by atoms with E-state index in [9.17, 15) is 0 Å². The Morgan fingerprint density at radius 2 is 1.85 bits per heavy atom. The lowest BCUT2D eigenvalue weighted by Crippen LogP contribution is -2.05. The highest BCUT2D eigenvalue weighted by molar-refractivity contribution is 5.98. The van der Waals surface area contributed by atoms with Gasteiger partial charge in [0.15, 0.2) is 0 Å². The van der Waals surface area contributed by atoms with Crippen molar-refractivity contribution in [3.05, 3.63) is 59.8 Å². The number of hydrogen-bond donors (Lipinski definition) is 0. The molecule has 1 aromatic heterocycles. The number of ether oxygens (including phenoxy) is 1. The molecule has 1 heterocycles. The molecular formula is C18H15NO. The SMILES string of the molecule is COc1ccc2c3c(cnc2c1)CCc1ccccc1-3. The van der Waals surface area contributed by atoms with Gasteiger partial charge >= 0.3 is 0 Å². The highest BCUT2D eigenvalue weighted by Gasteiger charge is 2.18. The molecule has 98 valence electrons. The number of rotatable bonds is 1. The maximum Gasteiger partial charge on any atom is 0.121 e. The standard InChI is InChI=1S/C18H15NO/c1-20-14-8-9-16-17(10-14)19-11-13-7-6-12-4-2-3-5-15(12)18(13)16/h2-5,8-11H,6-7H2,1H3. The van der Waals surface area contributed by atoms with Crippen molar-refractivity contribution < 1.29 is 4.74 Å². The van der Waals surface area contributed by atoms with Crippen LogP contribution in [0.2, 0.25) is 0 Å². The molecule has 0 atom stereocenters. The molecule has 0 unspecified atom stereocenters. The van der Waals surface area contributed by atoms with Crippen molar-refractivity contribution in [3.63, 3.8) is 0 Å². The van der Waals surface area contributed by atoms with Gasteiger partial charge < -0.3 is 4.74 Å². The fourth-order valence-corrected chi connectivity index (χ4v) is 3.10. The summed E-state index contributed by atoms with van der Waals surface area (Å²) in [5.41, 5.74) is 6.48. The van der Waals surface area contributed by atoms with E-state index in [0.717, 1.165) is 24.1 Å². The first-order valence-corrected chi connectivity index (χ1v) is 6.91. The molecule has 0 spiro atoms. The van der Waals surface area contributed by atoms with Gasteiger partial charge in [-0.3, -0.25) is 4.98 Å². The number of aryl methyl sites for hydroxylation is 2. The van der Waals surface area contributed by atoms with Crippen molar-refractivity contribution in [2.24, 2.45) is 0 Å². The van der Waals surface area contributed by atoms with Crippen LogP contribution < -0.4 is 4.74 Å². The summed E-state index contributed by atoms with van der Waals surface area (Å²) in [7, 11) is 1.69. The highest BCUT2D eigenvalue weighted by atomic mass is 16.5. The van der Waals surface area contributed by atoms with Gasteiger partial charge in [0.1, 0.15) is 5.75 Å². The minimum absolute atomic E-state index is 0.856. The second-order valence-corrected chi connectivity index (χ2v) is 5.20. The Hall–Kier alpha value is -2.35. The average Bonchev–Trinajstić information content (AvgIpc) is 2.53. The van der Waals surface area contributed by atoms with Gasteiger partial charge in [0, 0.05) is 17.6 Å². The van der Waals surface area contributed by atoms with E-state index in [-0.39, 0.29) is 0 Å². The van der Waals surface area contributed by atoms with Crippen LogP contribution in [0.4, 0.5) is 0 Å².